The number of fused-ring (bicyclic) bond motifs is 4. The molecule has 0 radical (unpaired) electrons. The summed E-state index contributed by atoms with van der Waals surface area (Å²) in [7, 11) is 6.28. The molecule has 2 aromatic carbocycles. The lowest BCUT2D eigenvalue weighted by Crippen LogP contribution is -2.42. The minimum Gasteiger partial charge on any atom is -0.493 e. The summed E-state index contributed by atoms with van der Waals surface area (Å²) in [6, 6.07) is 6.91. The zero-order valence-electron chi connectivity index (χ0n) is 17.0. The molecule has 2 unspecified atom stereocenters. The highest BCUT2D eigenvalue weighted by Crippen LogP contribution is 2.48. The van der Waals surface area contributed by atoms with E-state index in [0.717, 1.165) is 22.3 Å². The predicted octanol–water partition coefficient (Wildman–Crippen LogP) is 2.44. The molecule has 2 aliphatic rings. The minimum atomic E-state index is -0.909. The van der Waals surface area contributed by atoms with Gasteiger partial charge in [-0.2, -0.15) is 0 Å². The van der Waals surface area contributed by atoms with E-state index in [2.05, 4.69) is 0 Å². The van der Waals surface area contributed by atoms with Gasteiger partial charge in [0.15, 0.2) is 23.0 Å². The van der Waals surface area contributed by atoms with Gasteiger partial charge >= 0.3 is 0 Å². The highest BCUT2D eigenvalue weighted by atomic mass is 16.5. The third kappa shape index (κ3) is 2.97. The van der Waals surface area contributed by atoms with Crippen LogP contribution in [-0.4, -0.2) is 50.9 Å². The number of carbonyl (C=O) groups excluding carboxylic acids is 1. The molecular formula is C22H25NO6. The Morgan fingerprint density at radius 3 is 2.28 bits per heavy atom. The fraction of sp³-hybridized carbons (Fsp3) is 0.409. The molecule has 4 rings (SSSR count). The van der Waals surface area contributed by atoms with Gasteiger partial charge in [0, 0.05) is 12.1 Å². The van der Waals surface area contributed by atoms with E-state index in [0.29, 0.717) is 36.0 Å². The van der Waals surface area contributed by atoms with Crippen LogP contribution in [0.15, 0.2) is 24.3 Å². The Hall–Kier alpha value is -2.93. The Labute approximate surface area is 169 Å². The number of methoxy groups -OCH3 is 4. The maximum atomic E-state index is 13.0. The van der Waals surface area contributed by atoms with E-state index in [1.807, 2.05) is 24.3 Å². The van der Waals surface area contributed by atoms with E-state index in [9.17, 15) is 9.90 Å². The lowest BCUT2D eigenvalue weighted by Gasteiger charge is -2.39. The van der Waals surface area contributed by atoms with Gasteiger partial charge in [-0.3, -0.25) is 4.79 Å². The third-order valence-electron chi connectivity index (χ3n) is 5.87. The van der Waals surface area contributed by atoms with Gasteiger partial charge in [0.05, 0.1) is 40.9 Å². The summed E-state index contributed by atoms with van der Waals surface area (Å²) in [5, 5.41) is 11.4. The van der Waals surface area contributed by atoms with Gasteiger partial charge in [0.1, 0.15) is 6.10 Å². The summed E-state index contributed by atoms with van der Waals surface area (Å²) in [6.07, 6.45) is -0.0760. The van der Waals surface area contributed by atoms with Crippen LogP contribution in [0.4, 0.5) is 0 Å². The largest absolute Gasteiger partial charge is 0.493 e. The molecule has 0 saturated heterocycles. The molecule has 0 aromatic heterocycles. The van der Waals surface area contributed by atoms with E-state index >= 15 is 0 Å². The van der Waals surface area contributed by atoms with Gasteiger partial charge < -0.3 is 29.0 Å². The van der Waals surface area contributed by atoms with Crippen LogP contribution in [0, 0.1) is 0 Å². The van der Waals surface area contributed by atoms with Crippen molar-refractivity contribution in [3.8, 4) is 23.0 Å². The molecular weight excluding hydrogens is 374 g/mol. The number of hydrogen-bond acceptors (Lipinski definition) is 6. The molecule has 1 N–H and O–H groups in total. The van der Waals surface area contributed by atoms with Crippen molar-refractivity contribution >= 4 is 5.91 Å². The molecule has 2 atom stereocenters. The maximum absolute atomic E-state index is 13.0. The fourth-order valence-corrected chi connectivity index (χ4v) is 4.49. The summed E-state index contributed by atoms with van der Waals surface area (Å²) >= 11 is 0. The standard InChI is InChI=1S/C22H25NO6/c1-26-16-6-5-13-15(22(16)29-4)11-19(24)23-8-7-12-9-17(27-2)18(28-3)10-14(12)21(25)20(13)23/h5-6,9-10,20-21,25H,7-8,11H2,1-4H3. The second-order valence-electron chi connectivity index (χ2n) is 7.18. The monoisotopic (exact) mass is 399 g/mol. The molecule has 154 valence electrons. The van der Waals surface area contributed by atoms with Crippen molar-refractivity contribution in [3.05, 3.63) is 46.5 Å². The first-order valence-corrected chi connectivity index (χ1v) is 9.50. The fourth-order valence-electron chi connectivity index (χ4n) is 4.49. The summed E-state index contributed by atoms with van der Waals surface area (Å²) < 4.78 is 21.8. The highest BCUT2D eigenvalue weighted by Gasteiger charge is 2.42. The number of nitrogens with zero attached hydrogens (tertiary/aromatic N) is 1. The summed E-state index contributed by atoms with van der Waals surface area (Å²) in [5.74, 6) is 2.23. The van der Waals surface area contributed by atoms with Gasteiger partial charge in [-0.25, -0.2) is 0 Å². The van der Waals surface area contributed by atoms with Crippen molar-refractivity contribution in [2.24, 2.45) is 0 Å². The van der Waals surface area contributed by atoms with Crippen LogP contribution >= 0.6 is 0 Å². The molecule has 2 aliphatic heterocycles. The maximum Gasteiger partial charge on any atom is 0.227 e. The second kappa shape index (κ2) is 7.48. The average molecular weight is 399 g/mol. The first-order chi connectivity index (χ1) is 14.0. The van der Waals surface area contributed by atoms with E-state index in [1.54, 1.807) is 33.3 Å². The zero-order valence-corrected chi connectivity index (χ0v) is 17.0. The van der Waals surface area contributed by atoms with Crippen LogP contribution in [0.1, 0.15) is 34.4 Å². The Morgan fingerprint density at radius 1 is 0.931 bits per heavy atom. The minimum absolute atomic E-state index is 0.0418. The van der Waals surface area contributed by atoms with E-state index in [-0.39, 0.29) is 12.3 Å². The molecule has 2 heterocycles. The van der Waals surface area contributed by atoms with Crippen LogP contribution in [-0.2, 0) is 17.6 Å². The topological polar surface area (TPSA) is 77.5 Å². The van der Waals surface area contributed by atoms with E-state index < -0.39 is 12.1 Å². The van der Waals surface area contributed by atoms with Gasteiger partial charge in [-0.1, -0.05) is 6.07 Å². The molecule has 7 nitrogen and oxygen atoms in total. The molecule has 1 amide bonds. The van der Waals surface area contributed by atoms with Gasteiger partial charge in [0.2, 0.25) is 5.91 Å². The summed E-state index contributed by atoms with van der Waals surface area (Å²) in [5.41, 5.74) is 3.32. The Balaban J connectivity index is 1.88. The number of rotatable bonds is 4. The zero-order chi connectivity index (χ0) is 20.7. The summed E-state index contributed by atoms with van der Waals surface area (Å²) in [4.78, 5) is 14.8. The third-order valence-corrected chi connectivity index (χ3v) is 5.87. The van der Waals surface area contributed by atoms with Crippen molar-refractivity contribution in [2.75, 3.05) is 35.0 Å². The van der Waals surface area contributed by atoms with Crippen LogP contribution < -0.4 is 18.9 Å². The molecule has 7 heteroatoms. The van der Waals surface area contributed by atoms with Gasteiger partial charge in [-0.05, 0) is 41.3 Å². The van der Waals surface area contributed by atoms with Gasteiger partial charge in [-0.15, -0.1) is 0 Å². The number of aliphatic hydroxyl groups is 1. The lowest BCUT2D eigenvalue weighted by molar-refractivity contribution is -0.137. The number of aliphatic hydroxyl groups excluding tert-OH is 1. The second-order valence-corrected chi connectivity index (χ2v) is 7.18. The molecule has 0 spiro atoms. The van der Waals surface area contributed by atoms with Crippen molar-refractivity contribution in [1.82, 2.24) is 4.90 Å². The average Bonchev–Trinajstić information content (AvgIpc) is 2.89. The number of carbonyl (C=O) groups is 1. The summed E-state index contributed by atoms with van der Waals surface area (Å²) in [6.45, 7) is 0.511. The molecule has 0 bridgehead atoms. The van der Waals surface area contributed by atoms with Crippen molar-refractivity contribution in [1.29, 1.82) is 0 Å². The van der Waals surface area contributed by atoms with Crippen molar-refractivity contribution < 1.29 is 28.8 Å². The lowest BCUT2D eigenvalue weighted by atomic mass is 9.86. The number of amides is 1. The van der Waals surface area contributed by atoms with Crippen molar-refractivity contribution in [3.63, 3.8) is 0 Å². The highest BCUT2D eigenvalue weighted by molar-refractivity contribution is 5.84. The molecule has 0 saturated carbocycles. The molecule has 0 aliphatic carbocycles. The normalized spacial score (nSPS) is 20.2. The van der Waals surface area contributed by atoms with Crippen LogP contribution in [0.3, 0.4) is 0 Å². The molecule has 29 heavy (non-hydrogen) atoms. The Kier molecular flexibility index (Phi) is 5.00. The first-order valence-electron chi connectivity index (χ1n) is 9.50. The van der Waals surface area contributed by atoms with Gasteiger partial charge in [0.25, 0.3) is 0 Å². The van der Waals surface area contributed by atoms with E-state index in [4.69, 9.17) is 18.9 Å². The predicted molar refractivity (Wildman–Crippen MR) is 106 cm³/mol. The number of benzene rings is 2. The Morgan fingerprint density at radius 2 is 1.62 bits per heavy atom. The van der Waals surface area contributed by atoms with E-state index in [1.165, 1.54) is 0 Å². The number of ether oxygens (including phenoxy) is 4. The van der Waals surface area contributed by atoms with Crippen LogP contribution in [0.2, 0.25) is 0 Å². The quantitative estimate of drug-likeness (QED) is 0.851. The SMILES string of the molecule is COc1cc2c(cc1OC)C(O)C1c3ccc(OC)c(OC)c3CC(=O)N1CC2. The molecule has 0 fully saturated rings. The van der Waals surface area contributed by atoms with Crippen molar-refractivity contribution in [2.45, 2.75) is 25.0 Å². The number of hydrogen-bond donors (Lipinski definition) is 1. The van der Waals surface area contributed by atoms with Crippen LogP contribution in [0.5, 0.6) is 23.0 Å². The smallest absolute Gasteiger partial charge is 0.227 e. The molecule has 2 aromatic rings. The van der Waals surface area contributed by atoms with Crippen LogP contribution in [0.25, 0.3) is 0 Å². The first kappa shape index (κ1) is 19.4. The Bertz CT molecular complexity index is 957.